The molecule has 0 aliphatic carbocycles. The minimum absolute atomic E-state index is 0.140. The third-order valence-electron chi connectivity index (χ3n) is 4.52. The minimum atomic E-state index is -3.01. The van der Waals surface area contributed by atoms with Crippen LogP contribution in [0, 0.1) is 0 Å². The van der Waals surface area contributed by atoms with E-state index in [1.165, 1.54) is 7.11 Å². The van der Waals surface area contributed by atoms with E-state index in [0.29, 0.717) is 12.6 Å². The number of nitrogens with one attached hydrogen (secondary N) is 1. The molecule has 2 unspecified atom stereocenters. The van der Waals surface area contributed by atoms with Gasteiger partial charge >= 0.3 is 0 Å². The van der Waals surface area contributed by atoms with Crippen LogP contribution < -0.4 is 11.1 Å². The molecule has 20 heavy (non-hydrogen) atoms. The first-order valence-corrected chi connectivity index (χ1v) is 9.17. The van der Waals surface area contributed by atoms with Crippen LogP contribution in [-0.2, 0) is 14.6 Å². The Hall–Kier alpha value is -0.210. The molecule has 2 aliphatic heterocycles. The zero-order valence-electron chi connectivity index (χ0n) is 12.3. The fourth-order valence-corrected chi connectivity index (χ4v) is 4.92. The standard InChI is InChI=1S/C13H27N3O3S/c1-19-8-9-20(17,18)11-3-6-16(7-4-11)13-2-5-15-10-12(13)14/h11-13,15H,2-10,14H2,1H3. The summed E-state index contributed by atoms with van der Waals surface area (Å²) in [7, 11) is -1.47. The van der Waals surface area contributed by atoms with Crippen LogP contribution in [0.1, 0.15) is 19.3 Å². The van der Waals surface area contributed by atoms with Gasteiger partial charge in [0.25, 0.3) is 0 Å². The second-order valence-electron chi connectivity index (χ2n) is 5.82. The highest BCUT2D eigenvalue weighted by atomic mass is 32.2. The molecule has 6 nitrogen and oxygen atoms in total. The largest absolute Gasteiger partial charge is 0.384 e. The van der Waals surface area contributed by atoms with Crippen LogP contribution in [0.5, 0.6) is 0 Å². The van der Waals surface area contributed by atoms with Crippen molar-refractivity contribution in [2.45, 2.75) is 36.6 Å². The molecule has 2 aliphatic rings. The highest BCUT2D eigenvalue weighted by Crippen LogP contribution is 2.22. The summed E-state index contributed by atoms with van der Waals surface area (Å²) >= 11 is 0. The van der Waals surface area contributed by atoms with E-state index in [-0.39, 0.29) is 17.0 Å². The second kappa shape index (κ2) is 7.17. The Morgan fingerprint density at radius 1 is 1.30 bits per heavy atom. The van der Waals surface area contributed by atoms with E-state index < -0.39 is 9.84 Å². The van der Waals surface area contributed by atoms with Gasteiger partial charge in [-0.3, -0.25) is 4.90 Å². The molecule has 0 bridgehead atoms. The van der Waals surface area contributed by atoms with Gasteiger partial charge in [0.15, 0.2) is 9.84 Å². The molecule has 0 saturated carbocycles. The summed E-state index contributed by atoms with van der Waals surface area (Å²) in [4.78, 5) is 2.38. The second-order valence-corrected chi connectivity index (χ2v) is 8.22. The van der Waals surface area contributed by atoms with Gasteiger partial charge in [-0.2, -0.15) is 0 Å². The summed E-state index contributed by atoms with van der Waals surface area (Å²) in [6, 6.07) is 0.560. The Labute approximate surface area is 121 Å². The Kier molecular flexibility index (Phi) is 5.80. The summed E-state index contributed by atoms with van der Waals surface area (Å²) in [6.07, 6.45) is 2.51. The SMILES string of the molecule is COCCS(=O)(=O)C1CCN(C2CCNCC2N)CC1. The van der Waals surface area contributed by atoms with Gasteiger partial charge in [0, 0.05) is 25.7 Å². The topological polar surface area (TPSA) is 84.7 Å². The van der Waals surface area contributed by atoms with E-state index in [4.69, 9.17) is 10.5 Å². The molecule has 0 aromatic rings. The lowest BCUT2D eigenvalue weighted by atomic mass is 9.97. The van der Waals surface area contributed by atoms with Crippen LogP contribution in [0.2, 0.25) is 0 Å². The third-order valence-corrected chi connectivity index (χ3v) is 6.74. The molecule has 0 amide bonds. The van der Waals surface area contributed by atoms with Crippen LogP contribution in [0.3, 0.4) is 0 Å². The van der Waals surface area contributed by atoms with Crippen molar-refractivity contribution in [3.05, 3.63) is 0 Å². The number of ether oxygens (including phenoxy) is 1. The molecular formula is C13H27N3O3S. The van der Waals surface area contributed by atoms with Crippen molar-refractivity contribution in [1.29, 1.82) is 0 Å². The zero-order valence-corrected chi connectivity index (χ0v) is 13.1. The van der Waals surface area contributed by atoms with Crippen molar-refractivity contribution in [3.8, 4) is 0 Å². The lowest BCUT2D eigenvalue weighted by Crippen LogP contribution is -2.58. The molecular weight excluding hydrogens is 278 g/mol. The number of rotatable bonds is 5. The van der Waals surface area contributed by atoms with Crippen LogP contribution in [0.25, 0.3) is 0 Å². The molecule has 0 aromatic heterocycles. The molecule has 7 heteroatoms. The van der Waals surface area contributed by atoms with Gasteiger partial charge in [-0.25, -0.2) is 8.42 Å². The number of hydrogen-bond donors (Lipinski definition) is 2. The smallest absolute Gasteiger partial charge is 0.155 e. The fourth-order valence-electron chi connectivity index (χ4n) is 3.25. The van der Waals surface area contributed by atoms with E-state index in [1.54, 1.807) is 0 Å². The van der Waals surface area contributed by atoms with Crippen LogP contribution in [0.15, 0.2) is 0 Å². The predicted octanol–water partition coefficient (Wildman–Crippen LogP) is -0.799. The molecule has 2 heterocycles. The van der Waals surface area contributed by atoms with E-state index in [2.05, 4.69) is 10.2 Å². The van der Waals surface area contributed by atoms with E-state index in [9.17, 15) is 8.42 Å². The molecule has 2 atom stereocenters. The van der Waals surface area contributed by atoms with Crippen molar-refractivity contribution < 1.29 is 13.2 Å². The number of likely N-dealkylation sites (tertiary alicyclic amines) is 1. The molecule has 2 rings (SSSR count). The fraction of sp³-hybridized carbons (Fsp3) is 1.00. The molecule has 2 fully saturated rings. The summed E-state index contributed by atoms with van der Waals surface area (Å²) in [5.41, 5.74) is 6.16. The van der Waals surface area contributed by atoms with Gasteiger partial charge in [-0.1, -0.05) is 0 Å². The summed E-state index contributed by atoms with van der Waals surface area (Å²) in [5, 5.41) is 3.10. The zero-order chi connectivity index (χ0) is 14.6. The molecule has 3 N–H and O–H groups in total. The minimum Gasteiger partial charge on any atom is -0.384 e. The average Bonchev–Trinajstić information content (AvgIpc) is 2.46. The molecule has 118 valence electrons. The number of sulfone groups is 1. The first kappa shape index (κ1) is 16.2. The quantitative estimate of drug-likeness (QED) is 0.692. The monoisotopic (exact) mass is 305 g/mol. The number of nitrogens with zero attached hydrogens (tertiary/aromatic N) is 1. The predicted molar refractivity (Wildman–Crippen MR) is 79.5 cm³/mol. The highest BCUT2D eigenvalue weighted by Gasteiger charge is 2.34. The van der Waals surface area contributed by atoms with Crippen LogP contribution >= 0.6 is 0 Å². The van der Waals surface area contributed by atoms with Gasteiger partial charge < -0.3 is 15.8 Å². The number of piperidine rings is 2. The van der Waals surface area contributed by atoms with E-state index >= 15 is 0 Å². The van der Waals surface area contributed by atoms with Crippen LogP contribution in [-0.4, -0.2) is 76.3 Å². The molecule has 0 aromatic carbocycles. The molecule has 2 saturated heterocycles. The van der Waals surface area contributed by atoms with Gasteiger partial charge in [0.1, 0.15) is 0 Å². The van der Waals surface area contributed by atoms with E-state index in [1.807, 2.05) is 0 Å². The lowest BCUT2D eigenvalue weighted by Gasteiger charge is -2.42. The third kappa shape index (κ3) is 3.92. The molecule has 0 radical (unpaired) electrons. The summed E-state index contributed by atoms with van der Waals surface area (Å²) in [5.74, 6) is 0.140. The van der Waals surface area contributed by atoms with Crippen molar-refractivity contribution >= 4 is 9.84 Å². The summed E-state index contributed by atoms with van der Waals surface area (Å²) in [6.45, 7) is 3.84. The summed E-state index contributed by atoms with van der Waals surface area (Å²) < 4.78 is 29.2. The number of nitrogens with two attached hydrogens (primary N) is 1. The maximum Gasteiger partial charge on any atom is 0.155 e. The molecule has 0 spiro atoms. The Morgan fingerprint density at radius 3 is 2.60 bits per heavy atom. The van der Waals surface area contributed by atoms with Gasteiger partial charge in [0.05, 0.1) is 17.6 Å². The van der Waals surface area contributed by atoms with Gasteiger partial charge in [0.2, 0.25) is 0 Å². The Morgan fingerprint density at radius 2 is 2.00 bits per heavy atom. The number of methoxy groups -OCH3 is 1. The normalized spacial score (nSPS) is 30.5. The number of hydrogen-bond acceptors (Lipinski definition) is 6. The average molecular weight is 305 g/mol. The van der Waals surface area contributed by atoms with Gasteiger partial charge in [-0.15, -0.1) is 0 Å². The van der Waals surface area contributed by atoms with Crippen molar-refractivity contribution in [1.82, 2.24) is 10.2 Å². The first-order chi connectivity index (χ1) is 9.54. The Balaban J connectivity index is 1.85. The lowest BCUT2D eigenvalue weighted by molar-refractivity contribution is 0.121. The Bertz CT molecular complexity index is 394. The van der Waals surface area contributed by atoms with Crippen molar-refractivity contribution in [2.24, 2.45) is 5.73 Å². The van der Waals surface area contributed by atoms with Crippen LogP contribution in [0.4, 0.5) is 0 Å². The first-order valence-electron chi connectivity index (χ1n) is 7.45. The van der Waals surface area contributed by atoms with E-state index in [0.717, 1.165) is 45.4 Å². The highest BCUT2D eigenvalue weighted by molar-refractivity contribution is 7.92. The van der Waals surface area contributed by atoms with Crippen molar-refractivity contribution in [2.75, 3.05) is 45.6 Å². The van der Waals surface area contributed by atoms with Gasteiger partial charge in [-0.05, 0) is 38.9 Å². The maximum atomic E-state index is 12.2. The van der Waals surface area contributed by atoms with Crippen molar-refractivity contribution in [3.63, 3.8) is 0 Å². The maximum absolute atomic E-state index is 12.2.